The molecule has 3 aromatic rings. The van der Waals surface area contributed by atoms with E-state index in [0.717, 1.165) is 37.3 Å². The minimum absolute atomic E-state index is 0.137. The van der Waals surface area contributed by atoms with E-state index in [1.54, 1.807) is 49.1 Å². The van der Waals surface area contributed by atoms with Crippen molar-refractivity contribution in [1.29, 1.82) is 0 Å². The van der Waals surface area contributed by atoms with Crippen LogP contribution in [0.3, 0.4) is 0 Å². The molecule has 1 aliphatic rings. The summed E-state index contributed by atoms with van der Waals surface area (Å²) in [6.45, 7) is 2.38. The van der Waals surface area contributed by atoms with Crippen LogP contribution >= 0.6 is 0 Å². The van der Waals surface area contributed by atoms with Crippen LogP contribution in [-0.4, -0.2) is 33.9 Å². The van der Waals surface area contributed by atoms with E-state index in [1.807, 2.05) is 12.1 Å². The molecule has 4 rings (SSSR count). The molecule has 0 atom stereocenters. The average molecular weight is 389 g/mol. The first-order valence-electron chi connectivity index (χ1n) is 9.80. The van der Waals surface area contributed by atoms with Crippen LogP contribution in [-0.2, 0) is 6.54 Å². The number of nitrogens with zero attached hydrogens (tertiary/aromatic N) is 4. The molecule has 7 heteroatoms. The fraction of sp³-hybridized carbons (Fsp3) is 0.273. The zero-order valence-electron chi connectivity index (χ0n) is 16.1. The Bertz CT molecular complexity index is 941. The topological polar surface area (TPSA) is 80.2 Å². The van der Waals surface area contributed by atoms with Crippen LogP contribution in [0.4, 0.5) is 5.82 Å². The lowest BCUT2D eigenvalue weighted by Gasteiger charge is -2.28. The van der Waals surface area contributed by atoms with E-state index in [1.165, 1.54) is 6.42 Å². The van der Waals surface area contributed by atoms with Crippen LogP contribution in [0, 0.1) is 0 Å². The maximum Gasteiger partial charge on any atom is 0.263 e. The molecule has 0 bridgehead atoms. The Kier molecular flexibility index (Phi) is 5.95. The highest BCUT2D eigenvalue weighted by Crippen LogP contribution is 2.29. The first-order chi connectivity index (χ1) is 14.3. The Morgan fingerprint density at radius 2 is 1.66 bits per heavy atom. The predicted octanol–water partition coefficient (Wildman–Crippen LogP) is 3.58. The third-order valence-corrected chi connectivity index (χ3v) is 4.84. The number of anilines is 1. The Morgan fingerprint density at radius 3 is 2.41 bits per heavy atom. The first kappa shape index (κ1) is 18.9. The molecule has 3 heterocycles. The molecule has 1 amide bonds. The van der Waals surface area contributed by atoms with Gasteiger partial charge in [0.15, 0.2) is 5.82 Å². The first-order valence-corrected chi connectivity index (χ1v) is 9.80. The van der Waals surface area contributed by atoms with E-state index < -0.39 is 0 Å². The van der Waals surface area contributed by atoms with Gasteiger partial charge in [-0.3, -0.25) is 9.78 Å². The number of amides is 1. The zero-order chi connectivity index (χ0) is 19.9. The van der Waals surface area contributed by atoms with Crippen molar-refractivity contribution in [2.24, 2.45) is 0 Å². The van der Waals surface area contributed by atoms with Crippen LogP contribution in [0.1, 0.15) is 35.2 Å². The van der Waals surface area contributed by atoms with E-state index in [2.05, 4.69) is 25.2 Å². The number of rotatable bonds is 6. The Morgan fingerprint density at radius 1 is 0.931 bits per heavy atom. The van der Waals surface area contributed by atoms with E-state index in [4.69, 9.17) is 4.74 Å². The standard InChI is InChI=1S/C22H23N5O2/c28-21(26-16-17-8-10-23-11-9-17)18-4-6-19(7-5-18)29-22-20(24-12-13-25-22)27-14-2-1-3-15-27/h4-13H,1-3,14-16H2,(H,26,28). The Balaban J connectivity index is 1.40. The van der Waals surface area contributed by atoms with Crippen molar-refractivity contribution < 1.29 is 9.53 Å². The lowest BCUT2D eigenvalue weighted by atomic mass is 10.1. The quantitative estimate of drug-likeness (QED) is 0.694. The third kappa shape index (κ3) is 4.87. The molecule has 29 heavy (non-hydrogen) atoms. The molecule has 1 saturated heterocycles. The summed E-state index contributed by atoms with van der Waals surface area (Å²) in [7, 11) is 0. The van der Waals surface area contributed by atoms with Gasteiger partial charge >= 0.3 is 0 Å². The molecule has 0 saturated carbocycles. The number of nitrogens with one attached hydrogen (secondary N) is 1. The monoisotopic (exact) mass is 389 g/mol. The average Bonchev–Trinajstić information content (AvgIpc) is 2.80. The van der Waals surface area contributed by atoms with Crippen molar-refractivity contribution in [3.8, 4) is 11.6 Å². The molecule has 0 spiro atoms. The van der Waals surface area contributed by atoms with Gasteiger partial charge in [-0.2, -0.15) is 0 Å². The van der Waals surface area contributed by atoms with Gasteiger partial charge in [-0.25, -0.2) is 9.97 Å². The minimum Gasteiger partial charge on any atom is -0.436 e. The number of benzene rings is 1. The van der Waals surface area contributed by atoms with Crippen LogP contribution < -0.4 is 15.0 Å². The van der Waals surface area contributed by atoms with Crippen molar-refractivity contribution in [2.75, 3.05) is 18.0 Å². The van der Waals surface area contributed by atoms with Crippen molar-refractivity contribution in [2.45, 2.75) is 25.8 Å². The van der Waals surface area contributed by atoms with E-state index in [9.17, 15) is 4.79 Å². The normalized spacial score (nSPS) is 13.7. The molecule has 0 aliphatic carbocycles. The summed E-state index contributed by atoms with van der Waals surface area (Å²) in [6.07, 6.45) is 10.3. The summed E-state index contributed by atoms with van der Waals surface area (Å²) >= 11 is 0. The third-order valence-electron chi connectivity index (χ3n) is 4.84. The second-order valence-corrected chi connectivity index (χ2v) is 6.90. The maximum absolute atomic E-state index is 12.4. The number of pyridine rings is 1. The molecule has 7 nitrogen and oxygen atoms in total. The van der Waals surface area contributed by atoms with Crippen molar-refractivity contribution >= 4 is 11.7 Å². The molecule has 2 aromatic heterocycles. The smallest absolute Gasteiger partial charge is 0.263 e. The van der Waals surface area contributed by atoms with Gasteiger partial charge in [0, 0.05) is 50.0 Å². The molecule has 1 fully saturated rings. The molecule has 1 aromatic carbocycles. The van der Waals surface area contributed by atoms with E-state index in [0.29, 0.717) is 23.7 Å². The van der Waals surface area contributed by atoms with Crippen molar-refractivity contribution in [1.82, 2.24) is 20.3 Å². The van der Waals surface area contributed by atoms with Crippen molar-refractivity contribution in [3.05, 3.63) is 72.3 Å². The van der Waals surface area contributed by atoms with Gasteiger partial charge in [0.2, 0.25) is 0 Å². The highest BCUT2D eigenvalue weighted by atomic mass is 16.5. The summed E-state index contributed by atoms with van der Waals surface area (Å²) in [5, 5.41) is 2.90. The summed E-state index contributed by atoms with van der Waals surface area (Å²) in [5.41, 5.74) is 1.57. The summed E-state index contributed by atoms with van der Waals surface area (Å²) in [6, 6.07) is 10.8. The maximum atomic E-state index is 12.4. The predicted molar refractivity (Wildman–Crippen MR) is 110 cm³/mol. The second kappa shape index (κ2) is 9.14. The SMILES string of the molecule is O=C(NCc1ccncc1)c1ccc(Oc2nccnc2N2CCCCC2)cc1. The molecule has 148 valence electrons. The molecule has 1 N–H and O–H groups in total. The lowest BCUT2D eigenvalue weighted by molar-refractivity contribution is 0.0951. The zero-order valence-corrected chi connectivity index (χ0v) is 16.1. The number of hydrogen-bond acceptors (Lipinski definition) is 6. The fourth-order valence-electron chi connectivity index (χ4n) is 3.28. The van der Waals surface area contributed by atoms with Crippen molar-refractivity contribution in [3.63, 3.8) is 0 Å². The number of ether oxygens (including phenoxy) is 1. The number of hydrogen-bond donors (Lipinski definition) is 1. The van der Waals surface area contributed by atoms with Crippen LogP contribution in [0.15, 0.2) is 61.2 Å². The summed E-state index contributed by atoms with van der Waals surface area (Å²) in [4.78, 5) is 27.4. The van der Waals surface area contributed by atoms with Gasteiger partial charge in [0.25, 0.3) is 11.8 Å². The molecule has 1 aliphatic heterocycles. The summed E-state index contributed by atoms with van der Waals surface area (Å²) < 4.78 is 5.97. The van der Waals surface area contributed by atoms with Crippen LogP contribution in [0.25, 0.3) is 0 Å². The highest BCUT2D eigenvalue weighted by Gasteiger charge is 2.18. The number of piperidine rings is 1. The largest absolute Gasteiger partial charge is 0.436 e. The number of carbonyl (C=O) groups is 1. The molecule has 0 unspecified atom stereocenters. The van der Waals surface area contributed by atoms with Gasteiger partial charge in [-0.1, -0.05) is 0 Å². The van der Waals surface area contributed by atoms with Gasteiger partial charge < -0.3 is 15.0 Å². The molecular formula is C22H23N5O2. The van der Waals surface area contributed by atoms with Crippen LogP contribution in [0.2, 0.25) is 0 Å². The highest BCUT2D eigenvalue weighted by molar-refractivity contribution is 5.94. The Labute approximate surface area is 169 Å². The van der Waals surface area contributed by atoms with Crippen LogP contribution in [0.5, 0.6) is 11.6 Å². The lowest BCUT2D eigenvalue weighted by Crippen LogP contribution is -2.30. The van der Waals surface area contributed by atoms with Gasteiger partial charge in [0.1, 0.15) is 5.75 Å². The molecular weight excluding hydrogens is 366 g/mol. The second-order valence-electron chi connectivity index (χ2n) is 6.90. The van der Waals surface area contributed by atoms with Gasteiger partial charge in [-0.15, -0.1) is 0 Å². The van der Waals surface area contributed by atoms with Gasteiger partial charge in [-0.05, 0) is 61.2 Å². The number of carbonyl (C=O) groups excluding carboxylic acids is 1. The Hall–Kier alpha value is -3.48. The summed E-state index contributed by atoms with van der Waals surface area (Å²) in [5.74, 6) is 1.74. The van der Waals surface area contributed by atoms with E-state index >= 15 is 0 Å². The van der Waals surface area contributed by atoms with Gasteiger partial charge in [0.05, 0.1) is 0 Å². The fourth-order valence-corrected chi connectivity index (χ4v) is 3.28. The van der Waals surface area contributed by atoms with E-state index in [-0.39, 0.29) is 5.91 Å². The molecule has 0 radical (unpaired) electrons. The minimum atomic E-state index is -0.137. The number of aromatic nitrogens is 3.